The molecule has 0 heterocycles. The summed E-state index contributed by atoms with van der Waals surface area (Å²) in [6, 6.07) is 0. The number of hydrogen-bond donors (Lipinski definition) is 0. The number of hydrogen-bond acceptors (Lipinski definition) is 4. The van der Waals surface area contributed by atoms with Gasteiger partial charge in [0.15, 0.2) is 0 Å². The highest BCUT2D eigenvalue weighted by Crippen LogP contribution is 2.43. The van der Waals surface area contributed by atoms with Crippen molar-refractivity contribution >= 4 is 11.9 Å². The molecule has 0 saturated heterocycles. The molecule has 1 aliphatic rings. The topological polar surface area (TPSA) is 52.6 Å². The molecule has 4 nitrogen and oxygen atoms in total. The van der Waals surface area contributed by atoms with Crippen LogP contribution in [0.3, 0.4) is 0 Å². The first-order valence-corrected chi connectivity index (χ1v) is 13.1. The van der Waals surface area contributed by atoms with E-state index >= 15 is 0 Å². The van der Waals surface area contributed by atoms with Crippen LogP contribution < -0.4 is 0 Å². The number of esters is 2. The lowest BCUT2D eigenvalue weighted by Crippen LogP contribution is -2.44. The predicted octanol–water partition coefficient (Wildman–Crippen LogP) is 7.48. The Morgan fingerprint density at radius 1 is 0.774 bits per heavy atom. The van der Waals surface area contributed by atoms with Crippen molar-refractivity contribution in [2.75, 3.05) is 13.2 Å². The quantitative estimate of drug-likeness (QED) is 0.185. The zero-order valence-corrected chi connectivity index (χ0v) is 21.2. The molecule has 182 valence electrons. The molecule has 0 amide bonds. The van der Waals surface area contributed by atoms with Crippen LogP contribution in [0.4, 0.5) is 0 Å². The Kier molecular flexibility index (Phi) is 14.2. The molecule has 4 heteroatoms. The van der Waals surface area contributed by atoms with Crippen LogP contribution in [-0.4, -0.2) is 25.2 Å². The molecule has 0 spiro atoms. The molecule has 0 aromatic carbocycles. The van der Waals surface area contributed by atoms with Crippen LogP contribution in [0.25, 0.3) is 0 Å². The molecule has 0 aromatic heterocycles. The smallest absolute Gasteiger partial charge is 0.312 e. The standard InChI is InChI=1S/C27H50O4/c1-22(2)16-10-6-8-14-20-30-25(28)24-18-12-13-19-27(24,5)26(29)31-21-15-9-7-11-17-23(3)4/h22-24H,6-21H2,1-5H3. The summed E-state index contributed by atoms with van der Waals surface area (Å²) in [5, 5.41) is 0. The number of carbonyl (C=O) groups is 2. The Morgan fingerprint density at radius 3 is 1.84 bits per heavy atom. The first kappa shape index (κ1) is 28.0. The molecule has 0 aliphatic heterocycles. The maximum atomic E-state index is 12.9. The summed E-state index contributed by atoms with van der Waals surface area (Å²) in [5.74, 6) is 0.748. The van der Waals surface area contributed by atoms with Gasteiger partial charge in [-0.25, -0.2) is 0 Å². The summed E-state index contributed by atoms with van der Waals surface area (Å²) >= 11 is 0. The van der Waals surface area contributed by atoms with Crippen molar-refractivity contribution in [2.24, 2.45) is 23.2 Å². The summed E-state index contributed by atoms with van der Waals surface area (Å²) in [6.07, 6.45) is 14.8. The van der Waals surface area contributed by atoms with E-state index in [1.54, 1.807) is 0 Å². The summed E-state index contributed by atoms with van der Waals surface area (Å²) in [7, 11) is 0. The van der Waals surface area contributed by atoms with Crippen molar-refractivity contribution in [1.82, 2.24) is 0 Å². The van der Waals surface area contributed by atoms with Gasteiger partial charge >= 0.3 is 11.9 Å². The van der Waals surface area contributed by atoms with Gasteiger partial charge in [-0.3, -0.25) is 9.59 Å². The molecule has 1 fully saturated rings. The summed E-state index contributed by atoms with van der Waals surface area (Å²) < 4.78 is 11.2. The molecule has 2 atom stereocenters. The van der Waals surface area contributed by atoms with E-state index in [-0.39, 0.29) is 17.9 Å². The van der Waals surface area contributed by atoms with Crippen LogP contribution in [0.5, 0.6) is 0 Å². The summed E-state index contributed by atoms with van der Waals surface area (Å²) in [4.78, 5) is 25.7. The van der Waals surface area contributed by atoms with Crippen molar-refractivity contribution in [3.8, 4) is 0 Å². The largest absolute Gasteiger partial charge is 0.465 e. The normalized spacial score (nSPS) is 21.5. The van der Waals surface area contributed by atoms with Crippen LogP contribution in [0.2, 0.25) is 0 Å². The number of ether oxygens (including phenoxy) is 2. The Bertz CT molecular complexity index is 499. The van der Waals surface area contributed by atoms with Gasteiger partial charge in [-0.2, -0.15) is 0 Å². The number of unbranched alkanes of at least 4 members (excludes halogenated alkanes) is 6. The monoisotopic (exact) mass is 438 g/mol. The Hall–Kier alpha value is -1.06. The van der Waals surface area contributed by atoms with Crippen molar-refractivity contribution in [3.05, 3.63) is 0 Å². The van der Waals surface area contributed by atoms with Gasteiger partial charge in [0.1, 0.15) is 0 Å². The second-order valence-corrected chi connectivity index (χ2v) is 10.7. The Morgan fingerprint density at radius 2 is 1.29 bits per heavy atom. The SMILES string of the molecule is CC(C)CCCCCCOC(=O)C1CCCCC1(C)C(=O)OCCCCCCC(C)C. The van der Waals surface area contributed by atoms with E-state index < -0.39 is 5.41 Å². The van der Waals surface area contributed by atoms with Crippen molar-refractivity contribution < 1.29 is 19.1 Å². The third kappa shape index (κ3) is 11.4. The second kappa shape index (κ2) is 15.7. The zero-order chi connectivity index (χ0) is 23.1. The molecule has 1 saturated carbocycles. The van der Waals surface area contributed by atoms with Crippen LogP contribution in [0.1, 0.15) is 125 Å². The third-order valence-corrected chi connectivity index (χ3v) is 6.79. The fourth-order valence-corrected chi connectivity index (χ4v) is 4.58. The highest BCUT2D eigenvalue weighted by molar-refractivity contribution is 5.85. The van der Waals surface area contributed by atoms with Crippen molar-refractivity contribution in [1.29, 1.82) is 0 Å². The van der Waals surface area contributed by atoms with Gasteiger partial charge in [0.2, 0.25) is 0 Å². The summed E-state index contributed by atoms with van der Waals surface area (Å²) in [5.41, 5.74) is -0.732. The minimum absolute atomic E-state index is 0.199. The first-order valence-electron chi connectivity index (χ1n) is 13.1. The van der Waals surface area contributed by atoms with Gasteiger partial charge in [-0.05, 0) is 44.4 Å². The average Bonchev–Trinajstić information content (AvgIpc) is 2.71. The van der Waals surface area contributed by atoms with Crippen LogP contribution >= 0.6 is 0 Å². The lowest BCUT2D eigenvalue weighted by atomic mass is 9.67. The van der Waals surface area contributed by atoms with Gasteiger partial charge in [-0.15, -0.1) is 0 Å². The van der Waals surface area contributed by atoms with E-state index in [9.17, 15) is 9.59 Å². The van der Waals surface area contributed by atoms with Crippen molar-refractivity contribution in [3.63, 3.8) is 0 Å². The fraction of sp³-hybridized carbons (Fsp3) is 0.926. The molecule has 0 N–H and O–H groups in total. The van der Waals surface area contributed by atoms with E-state index in [4.69, 9.17) is 9.47 Å². The molecule has 0 radical (unpaired) electrons. The fourth-order valence-electron chi connectivity index (χ4n) is 4.58. The van der Waals surface area contributed by atoms with E-state index in [0.717, 1.165) is 63.2 Å². The van der Waals surface area contributed by atoms with Gasteiger partial charge in [0.25, 0.3) is 0 Å². The van der Waals surface area contributed by atoms with E-state index in [1.165, 1.54) is 38.5 Å². The highest BCUT2D eigenvalue weighted by atomic mass is 16.5. The third-order valence-electron chi connectivity index (χ3n) is 6.79. The van der Waals surface area contributed by atoms with Gasteiger partial charge in [0.05, 0.1) is 24.5 Å². The van der Waals surface area contributed by atoms with E-state index in [0.29, 0.717) is 13.2 Å². The minimum atomic E-state index is -0.732. The maximum absolute atomic E-state index is 12.9. The molecule has 1 rings (SSSR count). The van der Waals surface area contributed by atoms with E-state index in [2.05, 4.69) is 27.7 Å². The summed E-state index contributed by atoms with van der Waals surface area (Å²) in [6.45, 7) is 11.9. The molecule has 31 heavy (non-hydrogen) atoms. The van der Waals surface area contributed by atoms with Crippen LogP contribution in [0, 0.1) is 23.2 Å². The highest BCUT2D eigenvalue weighted by Gasteiger charge is 2.48. The average molecular weight is 439 g/mol. The molecular weight excluding hydrogens is 388 g/mol. The Balaban J connectivity index is 2.33. The molecule has 2 unspecified atom stereocenters. The lowest BCUT2D eigenvalue weighted by Gasteiger charge is -2.37. The minimum Gasteiger partial charge on any atom is -0.465 e. The van der Waals surface area contributed by atoms with Crippen LogP contribution in [-0.2, 0) is 19.1 Å². The van der Waals surface area contributed by atoms with Crippen molar-refractivity contribution in [2.45, 2.75) is 125 Å². The predicted molar refractivity (Wildman–Crippen MR) is 128 cm³/mol. The zero-order valence-electron chi connectivity index (χ0n) is 21.2. The lowest BCUT2D eigenvalue weighted by molar-refractivity contribution is -0.172. The second-order valence-electron chi connectivity index (χ2n) is 10.7. The maximum Gasteiger partial charge on any atom is 0.312 e. The molecule has 1 aliphatic carbocycles. The Labute approximate surface area is 192 Å². The molecule has 0 bridgehead atoms. The van der Waals surface area contributed by atoms with E-state index in [1.807, 2.05) is 6.92 Å². The van der Waals surface area contributed by atoms with Crippen LogP contribution in [0.15, 0.2) is 0 Å². The van der Waals surface area contributed by atoms with Gasteiger partial charge in [0, 0.05) is 0 Å². The number of rotatable bonds is 16. The molecule has 0 aromatic rings. The number of carbonyl (C=O) groups excluding carboxylic acids is 2. The molecular formula is C27H50O4. The van der Waals surface area contributed by atoms with Gasteiger partial charge < -0.3 is 9.47 Å². The first-order chi connectivity index (χ1) is 14.8. The van der Waals surface area contributed by atoms with Gasteiger partial charge in [-0.1, -0.05) is 91.9 Å².